The van der Waals surface area contributed by atoms with E-state index in [0.717, 1.165) is 61.1 Å². The zero-order valence-electron chi connectivity index (χ0n) is 26.7. The predicted molar refractivity (Wildman–Crippen MR) is 167 cm³/mol. The van der Waals surface area contributed by atoms with Crippen molar-refractivity contribution in [3.8, 4) is 10.4 Å². The van der Waals surface area contributed by atoms with E-state index < -0.39 is 66.7 Å². The molecular weight excluding hydrogens is 635 g/mol. The summed E-state index contributed by atoms with van der Waals surface area (Å²) >= 11 is 1.50. The summed E-state index contributed by atoms with van der Waals surface area (Å²) in [6.45, 7) is 6.44. The van der Waals surface area contributed by atoms with Gasteiger partial charge in [0.15, 0.2) is 18.3 Å². The third-order valence-electron chi connectivity index (χ3n) is 6.70. The van der Waals surface area contributed by atoms with Crippen LogP contribution in [0.15, 0.2) is 54.6 Å². The fraction of sp³-hybridized carbons (Fsp3) is 0.353. The summed E-state index contributed by atoms with van der Waals surface area (Å²) in [6.07, 6.45) is -6.57. The van der Waals surface area contributed by atoms with Crippen LogP contribution in [0.2, 0.25) is 0 Å². The van der Waals surface area contributed by atoms with E-state index in [1.807, 2.05) is 19.1 Å². The quantitative estimate of drug-likeness (QED) is 0.131. The van der Waals surface area contributed by atoms with Gasteiger partial charge in [0.05, 0.1) is 0 Å². The van der Waals surface area contributed by atoms with E-state index in [-0.39, 0.29) is 11.4 Å². The summed E-state index contributed by atoms with van der Waals surface area (Å²) in [7, 11) is 0. The summed E-state index contributed by atoms with van der Waals surface area (Å²) in [6, 6.07) is 14.8. The lowest BCUT2D eigenvalue weighted by Gasteiger charge is -2.34. The summed E-state index contributed by atoms with van der Waals surface area (Å²) < 4.78 is 39.8. The van der Waals surface area contributed by atoms with Gasteiger partial charge in [-0.2, -0.15) is 0 Å². The Morgan fingerprint density at radius 2 is 1.30 bits per heavy atom. The van der Waals surface area contributed by atoms with Gasteiger partial charge in [-0.25, -0.2) is 4.39 Å². The molecule has 1 heterocycles. The number of halogens is 1. The maximum atomic E-state index is 14.1. The lowest BCUT2D eigenvalue weighted by Crippen LogP contribution is -2.55. The number of hydrogen-bond donors (Lipinski definition) is 0. The van der Waals surface area contributed by atoms with Gasteiger partial charge in [0.1, 0.15) is 12.4 Å². The van der Waals surface area contributed by atoms with E-state index in [1.165, 1.54) is 29.5 Å². The topological polar surface area (TPSA) is 149 Å². The number of rotatable bonds is 14. The maximum absolute atomic E-state index is 14.1. The van der Waals surface area contributed by atoms with Crippen molar-refractivity contribution < 1.29 is 56.8 Å². The fourth-order valence-corrected chi connectivity index (χ4v) is 5.74. The number of benzene rings is 2. The molecule has 0 unspecified atom stereocenters. The number of hydrogen-bond acceptors (Lipinski definition) is 12. The van der Waals surface area contributed by atoms with E-state index in [9.17, 15) is 33.2 Å². The van der Waals surface area contributed by atoms with Crippen LogP contribution in [0.25, 0.3) is 10.4 Å². The second-order valence-electron chi connectivity index (χ2n) is 10.6. The van der Waals surface area contributed by atoms with Gasteiger partial charge >= 0.3 is 29.8 Å². The van der Waals surface area contributed by atoms with Gasteiger partial charge < -0.3 is 23.7 Å². The van der Waals surface area contributed by atoms with E-state index >= 15 is 0 Å². The number of aryl methyl sites for hydroxylation is 1. The van der Waals surface area contributed by atoms with Crippen LogP contribution in [0.5, 0.6) is 0 Å². The molecule has 0 aliphatic carbocycles. The number of Topliss-reactive ketones (excluding diaryl/α,β-unsaturated/α-hetero) is 1. The first kappa shape index (κ1) is 36.6. The third-order valence-corrected chi connectivity index (χ3v) is 7.84. The van der Waals surface area contributed by atoms with Gasteiger partial charge in [-0.3, -0.25) is 28.8 Å². The third kappa shape index (κ3) is 10.8. The Labute approximate surface area is 274 Å². The van der Waals surface area contributed by atoms with Crippen LogP contribution in [-0.4, -0.2) is 66.7 Å². The van der Waals surface area contributed by atoms with Crippen LogP contribution in [0.4, 0.5) is 4.39 Å². The molecule has 0 bridgehead atoms. The SMILES string of the molecule is CC(=O)OC[C@@H](OC(C)=O)[C@@H](OC(C)=O)[C@H](OC(C)=O)[C@@H](OC(C)=O)C(=O)c1ccc(C)c(Cc2ccc(-c3ccc(F)cc3)s2)c1. The highest BCUT2D eigenvalue weighted by Crippen LogP contribution is 2.31. The number of ketones is 1. The molecule has 0 radical (unpaired) electrons. The molecule has 0 aliphatic heterocycles. The second-order valence-corrected chi connectivity index (χ2v) is 11.8. The van der Waals surface area contributed by atoms with Crippen LogP contribution >= 0.6 is 11.3 Å². The van der Waals surface area contributed by atoms with Crippen molar-refractivity contribution in [2.45, 2.75) is 72.4 Å². The van der Waals surface area contributed by atoms with Crippen molar-refractivity contribution >= 4 is 47.0 Å². The van der Waals surface area contributed by atoms with Crippen LogP contribution < -0.4 is 0 Å². The lowest BCUT2D eigenvalue weighted by atomic mass is 9.93. The molecule has 0 amide bonds. The van der Waals surface area contributed by atoms with Gasteiger partial charge in [0.25, 0.3) is 0 Å². The van der Waals surface area contributed by atoms with Gasteiger partial charge in [0, 0.05) is 56.4 Å². The zero-order chi connectivity index (χ0) is 34.8. The molecule has 2 aromatic carbocycles. The Morgan fingerprint density at radius 3 is 1.87 bits per heavy atom. The van der Waals surface area contributed by atoms with Crippen molar-refractivity contribution in [1.29, 1.82) is 0 Å². The largest absolute Gasteiger partial charge is 0.462 e. The minimum Gasteiger partial charge on any atom is -0.462 e. The zero-order valence-corrected chi connectivity index (χ0v) is 27.5. The first-order chi connectivity index (χ1) is 22.1. The van der Waals surface area contributed by atoms with E-state index in [0.29, 0.717) is 6.42 Å². The molecule has 0 spiro atoms. The van der Waals surface area contributed by atoms with Crippen molar-refractivity contribution in [3.05, 3.63) is 82.0 Å². The molecule has 250 valence electrons. The second kappa shape index (κ2) is 16.6. The molecule has 0 aliphatic rings. The molecule has 0 saturated heterocycles. The number of ether oxygens (including phenoxy) is 5. The van der Waals surface area contributed by atoms with Crippen molar-refractivity contribution in [2.75, 3.05) is 6.61 Å². The van der Waals surface area contributed by atoms with Crippen molar-refractivity contribution in [2.24, 2.45) is 0 Å². The molecule has 3 rings (SSSR count). The number of esters is 5. The Morgan fingerprint density at radius 1 is 0.702 bits per heavy atom. The van der Waals surface area contributed by atoms with Crippen molar-refractivity contribution in [3.63, 3.8) is 0 Å². The van der Waals surface area contributed by atoms with Gasteiger partial charge in [-0.15, -0.1) is 11.3 Å². The van der Waals surface area contributed by atoms with Crippen LogP contribution in [0.3, 0.4) is 0 Å². The molecule has 3 aromatic rings. The highest BCUT2D eigenvalue weighted by Gasteiger charge is 2.47. The van der Waals surface area contributed by atoms with Gasteiger partial charge in [0.2, 0.25) is 11.9 Å². The van der Waals surface area contributed by atoms with E-state index in [4.69, 9.17) is 23.7 Å². The average molecular weight is 671 g/mol. The first-order valence-electron chi connectivity index (χ1n) is 14.4. The molecule has 11 nitrogen and oxygen atoms in total. The summed E-state index contributed by atoms with van der Waals surface area (Å²) in [5.41, 5.74) is 2.55. The predicted octanol–water partition coefficient (Wildman–Crippen LogP) is 4.93. The number of thiophene rings is 1. The van der Waals surface area contributed by atoms with Crippen LogP contribution in [0.1, 0.15) is 61.0 Å². The van der Waals surface area contributed by atoms with Gasteiger partial charge in [-0.1, -0.05) is 24.3 Å². The minimum atomic E-state index is -1.88. The normalized spacial score (nSPS) is 13.3. The van der Waals surface area contributed by atoms with Crippen LogP contribution in [-0.2, 0) is 54.1 Å². The lowest BCUT2D eigenvalue weighted by molar-refractivity contribution is -0.199. The molecular formula is C34H35FO11S. The molecule has 4 atom stereocenters. The fourth-order valence-electron chi connectivity index (χ4n) is 4.71. The molecule has 1 aromatic heterocycles. The number of carbonyl (C=O) groups excluding carboxylic acids is 6. The highest BCUT2D eigenvalue weighted by atomic mass is 32.1. The molecule has 47 heavy (non-hydrogen) atoms. The Hall–Kier alpha value is -4.91. The Bertz CT molecular complexity index is 1630. The number of carbonyl (C=O) groups is 6. The molecule has 0 saturated carbocycles. The highest BCUT2D eigenvalue weighted by molar-refractivity contribution is 7.15. The van der Waals surface area contributed by atoms with Gasteiger partial charge in [-0.05, 0) is 53.9 Å². The van der Waals surface area contributed by atoms with Crippen molar-refractivity contribution in [1.82, 2.24) is 0 Å². The minimum absolute atomic E-state index is 0.0786. The monoisotopic (exact) mass is 670 g/mol. The maximum Gasteiger partial charge on any atom is 0.303 e. The first-order valence-corrected chi connectivity index (χ1v) is 15.3. The standard InChI is InChI=1S/C34H35FO11S/c1-18-7-8-25(15-26(18)16-28-13-14-30(47-28)24-9-11-27(35)12-10-24)31(41)33(45-22(5)39)34(46-23(6)40)32(44-21(4)38)29(43-20(3)37)17-42-19(2)36/h7-15,29,32-34H,16-17H2,1-6H3/t29-,32-,33+,34+/m1/s1. The Kier molecular flexibility index (Phi) is 12.9. The Balaban J connectivity index is 2.03. The average Bonchev–Trinajstić information content (AvgIpc) is 3.45. The van der Waals surface area contributed by atoms with E-state index in [2.05, 4.69) is 0 Å². The summed E-state index contributed by atoms with van der Waals surface area (Å²) in [5, 5.41) is 0. The molecule has 0 N–H and O–H groups in total. The van der Waals surface area contributed by atoms with Crippen LogP contribution in [0, 0.1) is 12.7 Å². The molecule has 0 fully saturated rings. The smallest absolute Gasteiger partial charge is 0.303 e. The molecule has 13 heteroatoms. The summed E-state index contributed by atoms with van der Waals surface area (Å²) in [5.74, 6) is -5.56. The summed E-state index contributed by atoms with van der Waals surface area (Å²) in [4.78, 5) is 76.3. The van der Waals surface area contributed by atoms with E-state index in [1.54, 1.807) is 24.3 Å².